The number of carbonyl (C=O) groups excluding carboxylic acids is 1. The van der Waals surface area contributed by atoms with Crippen LogP contribution in [0.3, 0.4) is 0 Å². The number of hydrogen-bond acceptors (Lipinski definition) is 4. The summed E-state index contributed by atoms with van der Waals surface area (Å²) in [6.07, 6.45) is 5.90. The highest BCUT2D eigenvalue weighted by atomic mass is 16.1. The van der Waals surface area contributed by atoms with Crippen LogP contribution >= 0.6 is 0 Å². The van der Waals surface area contributed by atoms with Crippen LogP contribution in [0, 0.1) is 5.92 Å². The minimum Gasteiger partial charge on any atom is -0.252 e. The van der Waals surface area contributed by atoms with Crippen LogP contribution < -0.4 is 0 Å². The molecule has 5 nitrogen and oxygen atoms in total. The maximum absolute atomic E-state index is 9.83. The summed E-state index contributed by atoms with van der Waals surface area (Å²) in [7, 11) is 0. The molecule has 13 heavy (non-hydrogen) atoms. The van der Waals surface area contributed by atoms with Gasteiger partial charge in [-0.2, -0.15) is 4.99 Å². The summed E-state index contributed by atoms with van der Waals surface area (Å²) in [6, 6.07) is 0. The van der Waals surface area contributed by atoms with E-state index in [2.05, 4.69) is 15.3 Å². The second-order valence-corrected chi connectivity index (χ2v) is 3.28. The van der Waals surface area contributed by atoms with Gasteiger partial charge in [-0.05, 0) is 18.8 Å². The van der Waals surface area contributed by atoms with Crippen LogP contribution in [0.5, 0.6) is 0 Å². The quantitative estimate of drug-likeness (QED) is 0.499. The SMILES string of the molecule is O=C=NCc1cn(CC2CC2)nn1. The number of rotatable bonds is 4. The molecule has 0 saturated heterocycles. The molecule has 0 bridgehead atoms. The van der Waals surface area contributed by atoms with E-state index in [0.717, 1.165) is 18.2 Å². The average molecular weight is 178 g/mol. The summed E-state index contributed by atoms with van der Waals surface area (Å²) in [4.78, 5) is 13.3. The van der Waals surface area contributed by atoms with Gasteiger partial charge >= 0.3 is 0 Å². The van der Waals surface area contributed by atoms with Gasteiger partial charge in [0.25, 0.3) is 0 Å². The first kappa shape index (κ1) is 8.13. The molecule has 5 heteroatoms. The highest BCUT2D eigenvalue weighted by molar-refractivity contribution is 5.33. The maximum atomic E-state index is 9.83. The molecule has 1 fully saturated rings. The molecule has 1 saturated carbocycles. The van der Waals surface area contributed by atoms with E-state index >= 15 is 0 Å². The molecule has 1 aliphatic carbocycles. The summed E-state index contributed by atoms with van der Waals surface area (Å²) in [5.41, 5.74) is 0.726. The normalized spacial score (nSPS) is 15.4. The third-order valence-electron chi connectivity index (χ3n) is 2.03. The summed E-state index contributed by atoms with van der Waals surface area (Å²) in [5, 5.41) is 7.80. The summed E-state index contributed by atoms with van der Waals surface area (Å²) in [6.45, 7) is 1.23. The highest BCUT2D eigenvalue weighted by Gasteiger charge is 2.22. The fourth-order valence-corrected chi connectivity index (χ4v) is 1.18. The van der Waals surface area contributed by atoms with E-state index in [1.165, 1.54) is 18.9 Å². The van der Waals surface area contributed by atoms with Gasteiger partial charge in [0.1, 0.15) is 5.69 Å². The van der Waals surface area contributed by atoms with Gasteiger partial charge in [-0.15, -0.1) is 5.10 Å². The predicted octanol–water partition coefficient (Wildman–Crippen LogP) is 0.524. The van der Waals surface area contributed by atoms with Crippen LogP contribution in [-0.4, -0.2) is 21.1 Å². The van der Waals surface area contributed by atoms with Gasteiger partial charge in [-0.3, -0.25) is 4.68 Å². The van der Waals surface area contributed by atoms with E-state index in [0.29, 0.717) is 0 Å². The van der Waals surface area contributed by atoms with Crippen molar-refractivity contribution in [2.45, 2.75) is 25.9 Å². The number of aliphatic imine (C=N–C) groups is 1. The molecule has 1 heterocycles. The van der Waals surface area contributed by atoms with Crippen LogP contribution in [-0.2, 0) is 17.9 Å². The lowest BCUT2D eigenvalue weighted by Crippen LogP contribution is -1.99. The van der Waals surface area contributed by atoms with Crippen LogP contribution in [0.4, 0.5) is 0 Å². The van der Waals surface area contributed by atoms with Crippen molar-refractivity contribution < 1.29 is 4.79 Å². The van der Waals surface area contributed by atoms with E-state index < -0.39 is 0 Å². The van der Waals surface area contributed by atoms with Gasteiger partial charge in [0.15, 0.2) is 0 Å². The maximum Gasteiger partial charge on any atom is 0.235 e. The monoisotopic (exact) mass is 178 g/mol. The van der Waals surface area contributed by atoms with Crippen molar-refractivity contribution in [3.8, 4) is 0 Å². The number of aromatic nitrogens is 3. The lowest BCUT2D eigenvalue weighted by Gasteiger charge is -1.93. The van der Waals surface area contributed by atoms with Gasteiger partial charge in [0.2, 0.25) is 6.08 Å². The van der Waals surface area contributed by atoms with Crippen molar-refractivity contribution in [1.29, 1.82) is 0 Å². The zero-order valence-corrected chi connectivity index (χ0v) is 7.18. The number of isocyanates is 1. The van der Waals surface area contributed by atoms with E-state index in [4.69, 9.17) is 0 Å². The molecule has 1 aromatic heterocycles. The molecule has 0 spiro atoms. The van der Waals surface area contributed by atoms with Gasteiger partial charge in [-0.1, -0.05) is 5.21 Å². The van der Waals surface area contributed by atoms with Gasteiger partial charge in [-0.25, -0.2) is 4.79 Å². The Kier molecular flexibility index (Phi) is 2.19. The van der Waals surface area contributed by atoms with E-state index in [9.17, 15) is 4.79 Å². The van der Waals surface area contributed by atoms with Crippen LogP contribution in [0.25, 0.3) is 0 Å². The molecule has 2 rings (SSSR count). The molecule has 0 aliphatic heterocycles. The van der Waals surface area contributed by atoms with Crippen LogP contribution in [0.15, 0.2) is 11.2 Å². The Morgan fingerprint density at radius 3 is 3.23 bits per heavy atom. The first-order valence-electron chi connectivity index (χ1n) is 4.31. The number of hydrogen-bond donors (Lipinski definition) is 0. The van der Waals surface area contributed by atoms with E-state index in [1.807, 2.05) is 10.9 Å². The first-order valence-corrected chi connectivity index (χ1v) is 4.31. The van der Waals surface area contributed by atoms with Crippen molar-refractivity contribution in [3.05, 3.63) is 11.9 Å². The molecular weight excluding hydrogens is 168 g/mol. The van der Waals surface area contributed by atoms with Crippen molar-refractivity contribution in [1.82, 2.24) is 15.0 Å². The Balaban J connectivity index is 1.95. The average Bonchev–Trinajstić information content (AvgIpc) is 2.81. The topological polar surface area (TPSA) is 60.1 Å². The predicted molar refractivity (Wildman–Crippen MR) is 44.6 cm³/mol. The number of nitrogens with zero attached hydrogens (tertiary/aromatic N) is 4. The minimum atomic E-state index is 0.286. The third kappa shape index (κ3) is 2.23. The summed E-state index contributed by atoms with van der Waals surface area (Å²) >= 11 is 0. The van der Waals surface area contributed by atoms with Gasteiger partial charge in [0.05, 0.1) is 12.7 Å². The molecule has 0 atom stereocenters. The largest absolute Gasteiger partial charge is 0.252 e. The molecule has 0 radical (unpaired) electrons. The molecule has 0 N–H and O–H groups in total. The highest BCUT2D eigenvalue weighted by Crippen LogP contribution is 2.30. The summed E-state index contributed by atoms with van der Waals surface area (Å²) in [5.74, 6) is 0.782. The first-order chi connectivity index (χ1) is 6.38. The molecule has 0 unspecified atom stereocenters. The Morgan fingerprint density at radius 2 is 2.54 bits per heavy atom. The van der Waals surface area contributed by atoms with Crippen molar-refractivity contribution in [2.75, 3.05) is 0 Å². The molecule has 1 aliphatic rings. The van der Waals surface area contributed by atoms with Crippen molar-refractivity contribution >= 4 is 6.08 Å². The Morgan fingerprint density at radius 1 is 1.69 bits per heavy atom. The molecule has 1 aromatic rings. The molecule has 0 amide bonds. The summed E-state index contributed by atoms with van der Waals surface area (Å²) < 4.78 is 1.81. The van der Waals surface area contributed by atoms with Crippen molar-refractivity contribution in [2.24, 2.45) is 10.9 Å². The molecule has 68 valence electrons. The van der Waals surface area contributed by atoms with Crippen LogP contribution in [0.2, 0.25) is 0 Å². The fraction of sp³-hybridized carbons (Fsp3) is 0.625. The zero-order chi connectivity index (χ0) is 9.10. The molecule has 0 aromatic carbocycles. The van der Waals surface area contributed by atoms with Crippen molar-refractivity contribution in [3.63, 3.8) is 0 Å². The second kappa shape index (κ2) is 3.49. The van der Waals surface area contributed by atoms with E-state index in [-0.39, 0.29) is 6.54 Å². The second-order valence-electron chi connectivity index (χ2n) is 3.28. The van der Waals surface area contributed by atoms with Gasteiger partial charge < -0.3 is 0 Å². The fourth-order valence-electron chi connectivity index (χ4n) is 1.18. The van der Waals surface area contributed by atoms with Gasteiger partial charge in [0, 0.05) is 6.54 Å². The zero-order valence-electron chi connectivity index (χ0n) is 7.18. The Labute approximate surface area is 75.5 Å². The lowest BCUT2D eigenvalue weighted by atomic mass is 10.4. The smallest absolute Gasteiger partial charge is 0.235 e. The standard InChI is InChI=1S/C8H10N4O/c13-6-9-3-8-5-12(11-10-8)4-7-1-2-7/h5,7H,1-4H2. The Bertz CT molecular complexity index is 336. The molecular formula is C8H10N4O. The minimum absolute atomic E-state index is 0.286. The van der Waals surface area contributed by atoms with Crippen LogP contribution in [0.1, 0.15) is 18.5 Å². The third-order valence-corrected chi connectivity index (χ3v) is 2.03. The lowest BCUT2D eigenvalue weighted by molar-refractivity contribution is 0.544. The Hall–Kier alpha value is -1.48. The van der Waals surface area contributed by atoms with E-state index in [1.54, 1.807) is 0 Å².